The molecule has 0 spiro atoms. The van der Waals surface area contributed by atoms with E-state index in [2.05, 4.69) is 6.92 Å². The molecule has 0 saturated carbocycles. The fourth-order valence-corrected chi connectivity index (χ4v) is 1.69. The highest BCUT2D eigenvalue weighted by Gasteiger charge is 2.27. The van der Waals surface area contributed by atoms with Gasteiger partial charge in [0, 0.05) is 12.6 Å². The molecule has 3 heteroatoms. The summed E-state index contributed by atoms with van der Waals surface area (Å²) < 4.78 is 5.33. The number of likely N-dealkylation sites (tertiary alicyclic amines) is 1. The Morgan fingerprint density at radius 3 is 1.80 bits per heavy atom. The van der Waals surface area contributed by atoms with E-state index in [9.17, 15) is 4.79 Å². The van der Waals surface area contributed by atoms with Gasteiger partial charge in [-0.25, -0.2) is 4.79 Å². The topological polar surface area (TPSA) is 29.5 Å². The maximum atomic E-state index is 11.7. The molecule has 0 radical (unpaired) electrons. The van der Waals surface area contributed by atoms with E-state index in [0.29, 0.717) is 6.04 Å². The Morgan fingerprint density at radius 2 is 1.45 bits per heavy atom. The summed E-state index contributed by atoms with van der Waals surface area (Å²) >= 11 is 0. The van der Waals surface area contributed by atoms with Crippen LogP contribution in [0.25, 0.3) is 0 Å². The molecule has 1 aliphatic rings. The minimum atomic E-state index is -0.381. The van der Waals surface area contributed by atoms with Crippen LogP contribution in [0.4, 0.5) is 4.79 Å². The van der Waals surface area contributed by atoms with Crippen LogP contribution in [0.1, 0.15) is 88.5 Å². The van der Waals surface area contributed by atoms with Gasteiger partial charge in [0.2, 0.25) is 0 Å². The summed E-state index contributed by atoms with van der Waals surface area (Å²) in [6, 6.07) is 0.332. The van der Waals surface area contributed by atoms with Crippen LogP contribution in [0.3, 0.4) is 0 Å². The molecule has 1 heterocycles. The number of carbonyl (C=O) groups is 1. The maximum Gasteiger partial charge on any atom is 0.410 e. The lowest BCUT2D eigenvalue weighted by atomic mass is 10.0. The molecular weight excluding hydrogens is 250 g/mol. The molecule has 0 bridgehead atoms. The second kappa shape index (κ2) is 14.7. The Labute approximate surface area is 128 Å². The summed E-state index contributed by atoms with van der Waals surface area (Å²) in [5.74, 6) is 0. The molecule has 1 fully saturated rings. The van der Waals surface area contributed by atoms with Gasteiger partial charge in [-0.15, -0.1) is 0 Å². The molecular formula is C17H39NO2. The van der Waals surface area contributed by atoms with Gasteiger partial charge in [-0.2, -0.15) is 0 Å². The summed E-state index contributed by atoms with van der Waals surface area (Å²) in [6.45, 7) is 20.6. The van der Waals surface area contributed by atoms with Gasteiger partial charge < -0.3 is 9.64 Å². The van der Waals surface area contributed by atoms with Crippen LogP contribution < -0.4 is 0 Å². The van der Waals surface area contributed by atoms with E-state index in [1.165, 1.54) is 6.42 Å². The van der Waals surface area contributed by atoms with Crippen LogP contribution in [0.2, 0.25) is 0 Å². The van der Waals surface area contributed by atoms with E-state index in [-0.39, 0.29) is 11.7 Å². The van der Waals surface area contributed by atoms with Gasteiger partial charge in [-0.1, -0.05) is 41.5 Å². The van der Waals surface area contributed by atoms with Crippen molar-refractivity contribution in [2.45, 2.75) is 100 Å². The smallest absolute Gasteiger partial charge is 0.410 e. The van der Waals surface area contributed by atoms with Gasteiger partial charge in [0.05, 0.1) is 0 Å². The summed E-state index contributed by atoms with van der Waals surface area (Å²) in [5.41, 5.74) is -0.381. The number of hydrogen-bond donors (Lipinski definition) is 0. The first-order chi connectivity index (χ1) is 9.40. The van der Waals surface area contributed by atoms with Crippen molar-refractivity contribution in [2.75, 3.05) is 6.54 Å². The van der Waals surface area contributed by atoms with Gasteiger partial charge in [-0.3, -0.25) is 0 Å². The predicted molar refractivity (Wildman–Crippen MR) is 90.3 cm³/mol. The summed E-state index contributed by atoms with van der Waals surface area (Å²) in [7, 11) is 0. The zero-order valence-corrected chi connectivity index (χ0v) is 15.7. The number of hydrogen-bond acceptors (Lipinski definition) is 2. The average Bonchev–Trinajstić information content (AvgIpc) is 2.44. The number of nitrogens with zero attached hydrogens (tertiary/aromatic N) is 1. The molecule has 0 N–H and O–H groups in total. The summed E-state index contributed by atoms with van der Waals surface area (Å²) in [6.07, 6.45) is 3.26. The fraction of sp³-hybridized carbons (Fsp3) is 0.941. The van der Waals surface area contributed by atoms with Crippen molar-refractivity contribution in [1.82, 2.24) is 4.90 Å². The fourth-order valence-electron chi connectivity index (χ4n) is 1.69. The Kier molecular flexibility index (Phi) is 17.8. The molecule has 1 amide bonds. The second-order valence-electron chi connectivity index (χ2n) is 5.02. The van der Waals surface area contributed by atoms with E-state index in [1.54, 1.807) is 0 Å². The lowest BCUT2D eigenvalue weighted by Gasteiger charge is -2.34. The Hall–Kier alpha value is -0.730. The molecule has 1 saturated heterocycles. The van der Waals surface area contributed by atoms with Crippen LogP contribution in [-0.2, 0) is 4.74 Å². The number of amides is 1. The van der Waals surface area contributed by atoms with E-state index in [4.69, 9.17) is 4.74 Å². The van der Waals surface area contributed by atoms with Crippen molar-refractivity contribution < 1.29 is 9.53 Å². The van der Waals surface area contributed by atoms with Crippen molar-refractivity contribution in [3.05, 3.63) is 0 Å². The molecule has 124 valence electrons. The largest absolute Gasteiger partial charge is 0.444 e. The standard InChI is InChI=1S/C11H21NO2.3C2H6/c1-9-7-5-6-8-12(9)10(13)14-11(2,3)4;3*1-2/h9H,5-8H2,1-4H3;3*1-2H3. The molecule has 0 aromatic heterocycles. The lowest BCUT2D eigenvalue weighted by Crippen LogP contribution is -2.44. The van der Waals surface area contributed by atoms with E-state index in [1.807, 2.05) is 67.2 Å². The van der Waals surface area contributed by atoms with E-state index >= 15 is 0 Å². The van der Waals surface area contributed by atoms with Crippen molar-refractivity contribution in [2.24, 2.45) is 0 Å². The summed E-state index contributed by atoms with van der Waals surface area (Å²) in [5, 5.41) is 0. The Balaban J connectivity index is -0.000000425. The SMILES string of the molecule is CC.CC.CC.CC1CCCCN1C(=O)OC(C)(C)C. The van der Waals surface area contributed by atoms with Gasteiger partial charge in [0.15, 0.2) is 0 Å². The molecule has 20 heavy (non-hydrogen) atoms. The van der Waals surface area contributed by atoms with Crippen LogP contribution in [0, 0.1) is 0 Å². The summed E-state index contributed by atoms with van der Waals surface area (Å²) in [4.78, 5) is 13.6. The normalized spacial score (nSPS) is 17.3. The lowest BCUT2D eigenvalue weighted by molar-refractivity contribution is 0.0121. The monoisotopic (exact) mass is 289 g/mol. The Bertz CT molecular complexity index is 210. The zero-order valence-electron chi connectivity index (χ0n) is 15.7. The molecule has 1 aliphatic heterocycles. The molecule has 1 atom stereocenters. The van der Waals surface area contributed by atoms with Crippen LogP contribution in [-0.4, -0.2) is 29.2 Å². The maximum absolute atomic E-state index is 11.7. The zero-order chi connectivity index (χ0) is 16.8. The quantitative estimate of drug-likeness (QED) is 0.557. The highest BCUT2D eigenvalue weighted by Crippen LogP contribution is 2.19. The highest BCUT2D eigenvalue weighted by atomic mass is 16.6. The van der Waals surface area contributed by atoms with Crippen LogP contribution in [0.15, 0.2) is 0 Å². The molecule has 0 aromatic rings. The van der Waals surface area contributed by atoms with Crippen molar-refractivity contribution in [1.29, 1.82) is 0 Å². The van der Waals surface area contributed by atoms with Gasteiger partial charge in [0.1, 0.15) is 5.60 Å². The van der Waals surface area contributed by atoms with Gasteiger partial charge in [0.25, 0.3) is 0 Å². The second-order valence-corrected chi connectivity index (χ2v) is 5.02. The average molecular weight is 290 g/mol. The third kappa shape index (κ3) is 12.3. The van der Waals surface area contributed by atoms with Crippen molar-refractivity contribution in [3.8, 4) is 0 Å². The number of carbonyl (C=O) groups excluding carboxylic acids is 1. The highest BCUT2D eigenvalue weighted by molar-refractivity contribution is 5.68. The first-order valence-electron chi connectivity index (χ1n) is 8.40. The minimum absolute atomic E-state index is 0.162. The number of piperidine rings is 1. The van der Waals surface area contributed by atoms with Crippen LogP contribution in [0.5, 0.6) is 0 Å². The first-order valence-corrected chi connectivity index (χ1v) is 8.40. The van der Waals surface area contributed by atoms with E-state index in [0.717, 1.165) is 19.4 Å². The van der Waals surface area contributed by atoms with Gasteiger partial charge >= 0.3 is 6.09 Å². The molecule has 1 unspecified atom stereocenters. The van der Waals surface area contributed by atoms with Crippen molar-refractivity contribution >= 4 is 6.09 Å². The van der Waals surface area contributed by atoms with Crippen LogP contribution >= 0.6 is 0 Å². The molecule has 1 rings (SSSR count). The Morgan fingerprint density at radius 1 is 1.00 bits per heavy atom. The van der Waals surface area contributed by atoms with Crippen molar-refractivity contribution in [3.63, 3.8) is 0 Å². The number of rotatable bonds is 0. The minimum Gasteiger partial charge on any atom is -0.444 e. The molecule has 3 nitrogen and oxygen atoms in total. The molecule has 0 aliphatic carbocycles. The van der Waals surface area contributed by atoms with Gasteiger partial charge in [-0.05, 0) is 47.0 Å². The first kappa shape index (κ1) is 24.3. The predicted octanol–water partition coefficient (Wildman–Crippen LogP) is 5.87. The third-order valence-corrected chi connectivity index (χ3v) is 2.43. The molecule has 0 aromatic carbocycles. The third-order valence-electron chi connectivity index (χ3n) is 2.43. The van der Waals surface area contributed by atoms with E-state index < -0.39 is 0 Å². The number of ether oxygens (including phenoxy) is 1.